The highest BCUT2D eigenvalue weighted by Gasteiger charge is 2.48. The van der Waals surface area contributed by atoms with Crippen molar-refractivity contribution in [3.05, 3.63) is 70.3 Å². The molecule has 3 aliphatic heterocycles. The summed E-state index contributed by atoms with van der Waals surface area (Å²) in [5.41, 5.74) is 0.921. The lowest BCUT2D eigenvalue weighted by Gasteiger charge is -2.47. The molecule has 2 aromatic carbocycles. The minimum atomic E-state index is -2.64. The fourth-order valence-electron chi connectivity index (χ4n) is 8.88. The molecule has 0 radical (unpaired) electrons. The predicted octanol–water partition coefficient (Wildman–Crippen LogP) is 5.73. The van der Waals surface area contributed by atoms with Crippen LogP contribution >= 0.6 is 11.6 Å². The number of esters is 1. The number of ether oxygens (including phenoxy) is 3. The number of carbonyl (C=O) groups excluding carboxylic acids is 2. The van der Waals surface area contributed by atoms with Crippen LogP contribution in [-0.2, 0) is 36.5 Å². The number of aliphatic hydroxyl groups is 1. The number of benzene rings is 2. The van der Waals surface area contributed by atoms with Gasteiger partial charge in [0.05, 0.1) is 51.6 Å². The lowest BCUT2D eigenvalue weighted by Crippen LogP contribution is -2.60. The van der Waals surface area contributed by atoms with Crippen LogP contribution in [-0.4, -0.2) is 105 Å². The normalized spacial score (nSPS) is 31.6. The number of fused-ring (bicyclic) bond motifs is 4. The average molecular weight is 742 g/mol. The van der Waals surface area contributed by atoms with Crippen LogP contribution < -0.4 is 9.64 Å². The van der Waals surface area contributed by atoms with Gasteiger partial charge >= 0.3 is 5.97 Å². The van der Waals surface area contributed by atoms with Crippen molar-refractivity contribution in [2.75, 3.05) is 65.0 Å². The Morgan fingerprint density at radius 2 is 1.96 bits per heavy atom. The highest BCUT2D eigenvalue weighted by atomic mass is 35.5. The minimum Gasteiger partial charge on any atom is -0.490 e. The molecule has 12 heteroatoms. The number of anilines is 1. The van der Waals surface area contributed by atoms with Crippen molar-refractivity contribution in [3.8, 4) is 5.75 Å². The van der Waals surface area contributed by atoms with Crippen LogP contribution in [0.1, 0.15) is 62.1 Å². The van der Waals surface area contributed by atoms with E-state index >= 15 is 0 Å². The Morgan fingerprint density at radius 1 is 1.15 bits per heavy atom. The number of alkyl halides is 2. The Bertz CT molecular complexity index is 1700. The van der Waals surface area contributed by atoms with Gasteiger partial charge in [0, 0.05) is 43.2 Å². The van der Waals surface area contributed by atoms with Gasteiger partial charge in [-0.2, -0.15) is 0 Å². The van der Waals surface area contributed by atoms with Crippen molar-refractivity contribution in [3.63, 3.8) is 0 Å². The number of carbonyl (C=O) groups is 2. The molecule has 52 heavy (non-hydrogen) atoms. The second-order valence-electron chi connectivity index (χ2n) is 15.8. The van der Waals surface area contributed by atoms with Crippen LogP contribution in [0.4, 0.5) is 14.5 Å². The number of amides is 1. The second kappa shape index (κ2) is 14.5. The third-order valence-electron chi connectivity index (χ3n) is 12.2. The number of rotatable bonds is 5. The molecule has 2 aliphatic carbocycles. The maximum atomic E-state index is 13.7. The Labute approximate surface area is 309 Å². The van der Waals surface area contributed by atoms with Crippen molar-refractivity contribution in [1.82, 2.24) is 9.80 Å². The number of hydrogen-bond acceptors (Lipinski definition) is 8. The van der Waals surface area contributed by atoms with Gasteiger partial charge in [-0.3, -0.25) is 9.69 Å². The van der Waals surface area contributed by atoms with E-state index in [1.54, 1.807) is 30.1 Å². The molecule has 6 atom stereocenters. The SMILES string of the molecule is COC(=O)[C@@]1(O)CC(=O)N(C)CC/C=C\[C@H](OCC(C)N2CC(F)(F)C2)[C@@H]2CC[C@H]2CN2C[C@@]3(CCCc4cc(Cl)ccc43)COc3ccc1cc32. The standard InChI is InChI=1S/C40H50ClF2N3O6/c1-26(46-23-39(42,43)24-46)21-51-34-8-4-5-16-44(2)36(47)19-40(49,37(48)50-3)29-10-14-35-33(18-29)45(20-28-9-12-31(28)34)22-38(25-52-35)15-6-7-27-17-30(41)11-13-32(27)38/h4,8,10-11,13-14,17-18,26,28,31,34,49H,5-7,9,12,15-16,19-25H2,1-3H3/b8-4-/t26?,28-,31+,34-,38-,40+/m0/s1. The summed E-state index contributed by atoms with van der Waals surface area (Å²) in [7, 11) is 2.86. The van der Waals surface area contributed by atoms with Crippen LogP contribution in [0.5, 0.6) is 5.75 Å². The Hall–Kier alpha value is -3.25. The van der Waals surface area contributed by atoms with Crippen LogP contribution in [0.3, 0.4) is 0 Å². The van der Waals surface area contributed by atoms with E-state index in [-0.39, 0.29) is 48.0 Å². The van der Waals surface area contributed by atoms with Gasteiger partial charge in [0.25, 0.3) is 5.92 Å². The molecular formula is C40H50ClF2N3O6. The molecule has 0 aromatic heterocycles. The van der Waals surface area contributed by atoms with E-state index in [1.807, 2.05) is 19.1 Å². The van der Waals surface area contributed by atoms with Gasteiger partial charge in [0.1, 0.15) is 5.75 Å². The maximum absolute atomic E-state index is 13.7. The monoisotopic (exact) mass is 741 g/mol. The highest BCUT2D eigenvalue weighted by molar-refractivity contribution is 6.30. The Kier molecular flexibility index (Phi) is 10.4. The number of aryl methyl sites for hydroxylation is 1. The molecule has 1 unspecified atom stereocenters. The zero-order valence-corrected chi connectivity index (χ0v) is 31.0. The molecule has 5 aliphatic rings. The first-order valence-corrected chi connectivity index (χ1v) is 18.9. The zero-order chi connectivity index (χ0) is 36.8. The first kappa shape index (κ1) is 37.1. The molecule has 282 valence electrons. The third kappa shape index (κ3) is 7.18. The fourth-order valence-corrected chi connectivity index (χ4v) is 9.08. The van der Waals surface area contributed by atoms with Gasteiger partial charge in [-0.25, -0.2) is 13.6 Å². The summed E-state index contributed by atoms with van der Waals surface area (Å²) >= 11 is 6.46. The van der Waals surface area contributed by atoms with Crippen molar-refractivity contribution >= 4 is 29.2 Å². The topological polar surface area (TPSA) is 91.8 Å². The van der Waals surface area contributed by atoms with Crippen molar-refractivity contribution in [2.45, 2.75) is 81.0 Å². The lowest BCUT2D eigenvalue weighted by molar-refractivity contribution is -0.168. The fraction of sp³-hybridized carbons (Fsp3) is 0.600. The quantitative estimate of drug-likeness (QED) is 0.307. The number of likely N-dealkylation sites (tertiary alicyclic amines) is 1. The molecule has 7 rings (SSSR count). The molecule has 2 bridgehead atoms. The van der Waals surface area contributed by atoms with Crippen LogP contribution in [0.15, 0.2) is 48.6 Å². The second-order valence-corrected chi connectivity index (χ2v) is 16.2. The zero-order valence-electron chi connectivity index (χ0n) is 30.3. The van der Waals surface area contributed by atoms with E-state index in [2.05, 4.69) is 23.1 Å². The van der Waals surface area contributed by atoms with Crippen molar-refractivity contribution in [1.29, 1.82) is 0 Å². The summed E-state index contributed by atoms with van der Waals surface area (Å²) in [6.07, 6.45) is 8.71. The van der Waals surface area contributed by atoms with Crippen LogP contribution in [0, 0.1) is 11.8 Å². The average Bonchev–Trinajstić information content (AvgIpc) is 3.25. The summed E-state index contributed by atoms with van der Waals surface area (Å²) in [4.78, 5) is 32.4. The van der Waals surface area contributed by atoms with Gasteiger partial charge < -0.3 is 29.1 Å². The third-order valence-corrected chi connectivity index (χ3v) is 12.4. The number of hydrogen-bond donors (Lipinski definition) is 1. The molecule has 1 spiro atoms. The van der Waals surface area contributed by atoms with Gasteiger partial charge in [0.2, 0.25) is 5.91 Å². The first-order valence-electron chi connectivity index (χ1n) is 18.6. The Morgan fingerprint density at radius 3 is 2.69 bits per heavy atom. The van der Waals surface area contributed by atoms with E-state index in [4.69, 9.17) is 25.8 Å². The highest BCUT2D eigenvalue weighted by Crippen LogP contribution is 2.48. The summed E-state index contributed by atoms with van der Waals surface area (Å²) < 4.78 is 45.6. The largest absolute Gasteiger partial charge is 0.490 e. The van der Waals surface area contributed by atoms with E-state index < -0.39 is 29.8 Å². The number of halogens is 3. The minimum absolute atomic E-state index is 0.142. The smallest absolute Gasteiger partial charge is 0.343 e. The molecule has 1 saturated carbocycles. The van der Waals surface area contributed by atoms with E-state index in [1.165, 1.54) is 23.1 Å². The van der Waals surface area contributed by atoms with E-state index in [0.717, 1.165) is 37.8 Å². The molecule has 1 amide bonds. The van der Waals surface area contributed by atoms with Crippen LogP contribution in [0.2, 0.25) is 5.02 Å². The van der Waals surface area contributed by atoms with Gasteiger partial charge in [0.15, 0.2) is 5.60 Å². The van der Waals surface area contributed by atoms with Crippen molar-refractivity contribution < 1.29 is 37.7 Å². The summed E-state index contributed by atoms with van der Waals surface area (Å²) in [6, 6.07) is 11.2. The van der Waals surface area contributed by atoms with Crippen molar-refractivity contribution in [2.24, 2.45) is 11.8 Å². The van der Waals surface area contributed by atoms with Crippen LogP contribution in [0.25, 0.3) is 0 Å². The molecule has 3 heterocycles. The molecule has 1 saturated heterocycles. The number of methoxy groups -OCH3 is 1. The van der Waals surface area contributed by atoms with E-state index in [0.29, 0.717) is 50.0 Å². The van der Waals surface area contributed by atoms with Gasteiger partial charge in [-0.1, -0.05) is 35.9 Å². The molecule has 1 N–H and O–H groups in total. The Balaban J connectivity index is 1.26. The van der Waals surface area contributed by atoms with Gasteiger partial charge in [-0.15, -0.1) is 0 Å². The molecular weight excluding hydrogens is 692 g/mol. The van der Waals surface area contributed by atoms with E-state index in [9.17, 15) is 23.5 Å². The molecule has 2 aromatic rings. The maximum Gasteiger partial charge on any atom is 0.343 e. The molecule has 2 fully saturated rings. The summed E-state index contributed by atoms with van der Waals surface area (Å²) in [6.45, 7) is 3.92. The molecule has 9 nitrogen and oxygen atoms in total. The van der Waals surface area contributed by atoms with Gasteiger partial charge in [-0.05, 0) is 98.2 Å². The predicted molar refractivity (Wildman–Crippen MR) is 194 cm³/mol. The summed E-state index contributed by atoms with van der Waals surface area (Å²) in [5, 5.41) is 12.7. The number of nitrogens with zero attached hydrogens (tertiary/aromatic N) is 3. The summed E-state index contributed by atoms with van der Waals surface area (Å²) in [5.74, 6) is -2.87. The lowest BCUT2D eigenvalue weighted by atomic mass is 9.68. The first-order chi connectivity index (χ1) is 24.8.